The van der Waals surface area contributed by atoms with E-state index in [0.717, 1.165) is 12.8 Å². The molecule has 0 saturated heterocycles. The standard InChI is InChI=1S/C18H33NO5.Na/c1-2-3-4-5-6-7-12-19(15-16-20,13-8-10-17(21)22)14-9-11-18(23)24;/h6-7,20H,2-5,8-16H2,1H3,(H-,21,22,23,24);/q;+1/b7-6+;. The van der Waals surface area contributed by atoms with Crippen molar-refractivity contribution in [2.24, 2.45) is 0 Å². The van der Waals surface area contributed by atoms with Crippen molar-refractivity contribution in [2.45, 2.75) is 58.3 Å². The normalized spacial score (nSPS) is 13.4. The van der Waals surface area contributed by atoms with Crippen LogP contribution in [0.1, 0.15) is 58.3 Å². The zero-order chi connectivity index (χ0) is 18.3. The second-order valence-corrected chi connectivity index (χ2v) is 6.36. The Morgan fingerprint density at radius 1 is 1.00 bits per heavy atom. The van der Waals surface area contributed by atoms with Crippen molar-refractivity contribution in [3.63, 3.8) is 0 Å². The molecular weight excluding hydrogens is 333 g/mol. The smallest absolute Gasteiger partial charge is 0.550 e. The minimum atomic E-state index is -1.07. The van der Waals surface area contributed by atoms with Gasteiger partial charge in [-0.05, 0) is 25.3 Å². The molecule has 1 unspecified atom stereocenters. The molecule has 0 aliphatic carbocycles. The third kappa shape index (κ3) is 15.6. The number of carboxylic acids is 2. The van der Waals surface area contributed by atoms with Crippen LogP contribution in [0, 0.1) is 0 Å². The van der Waals surface area contributed by atoms with Crippen LogP contribution >= 0.6 is 0 Å². The zero-order valence-corrected chi connectivity index (χ0v) is 17.9. The Morgan fingerprint density at radius 3 is 2.16 bits per heavy atom. The van der Waals surface area contributed by atoms with Crippen molar-refractivity contribution in [2.75, 3.05) is 32.8 Å². The quantitative estimate of drug-likeness (QED) is 0.147. The minimum absolute atomic E-state index is 0. The summed E-state index contributed by atoms with van der Waals surface area (Å²) in [6.07, 6.45) is 9.83. The summed E-state index contributed by atoms with van der Waals surface area (Å²) >= 11 is 0. The van der Waals surface area contributed by atoms with Gasteiger partial charge in [0.15, 0.2) is 0 Å². The molecule has 2 N–H and O–H groups in total. The van der Waals surface area contributed by atoms with Gasteiger partial charge in [-0.15, -0.1) is 0 Å². The molecule has 140 valence electrons. The predicted octanol–water partition coefficient (Wildman–Crippen LogP) is -1.67. The molecule has 1 atom stereocenters. The first-order valence-corrected chi connectivity index (χ1v) is 8.98. The second kappa shape index (κ2) is 17.0. The van der Waals surface area contributed by atoms with Crippen LogP contribution in [0.2, 0.25) is 0 Å². The molecule has 0 rings (SSSR count). The van der Waals surface area contributed by atoms with E-state index in [4.69, 9.17) is 5.11 Å². The summed E-state index contributed by atoms with van der Waals surface area (Å²) in [5.41, 5.74) is 0. The van der Waals surface area contributed by atoms with Gasteiger partial charge in [0.2, 0.25) is 0 Å². The Morgan fingerprint density at radius 2 is 1.64 bits per heavy atom. The molecule has 0 heterocycles. The molecule has 0 fully saturated rings. The fraction of sp³-hybridized carbons (Fsp3) is 0.778. The molecule has 0 saturated carbocycles. The van der Waals surface area contributed by atoms with Gasteiger partial charge in [-0.25, -0.2) is 0 Å². The number of aliphatic carboxylic acids is 2. The summed E-state index contributed by atoms with van der Waals surface area (Å²) in [6, 6.07) is 0. The van der Waals surface area contributed by atoms with Gasteiger partial charge >= 0.3 is 35.5 Å². The Bertz CT molecular complexity index is 368. The number of allylic oxidation sites excluding steroid dienone is 1. The van der Waals surface area contributed by atoms with Crippen molar-refractivity contribution in [1.29, 1.82) is 0 Å². The molecular formula is C18H33NNaO5+. The van der Waals surface area contributed by atoms with E-state index in [-0.39, 0.29) is 49.0 Å². The summed E-state index contributed by atoms with van der Waals surface area (Å²) in [5.74, 6) is -1.90. The van der Waals surface area contributed by atoms with Gasteiger partial charge in [0.05, 0.1) is 32.7 Å². The van der Waals surface area contributed by atoms with Gasteiger partial charge < -0.3 is 24.6 Å². The van der Waals surface area contributed by atoms with E-state index < -0.39 is 11.9 Å². The first-order valence-electron chi connectivity index (χ1n) is 8.98. The fourth-order valence-corrected chi connectivity index (χ4v) is 2.87. The molecule has 0 radical (unpaired) electrons. The first kappa shape index (κ1) is 26.8. The number of unbranched alkanes of at least 4 members (excludes halogenated alkanes) is 3. The summed E-state index contributed by atoms with van der Waals surface area (Å²) in [5, 5.41) is 28.9. The Hall–Kier alpha value is -0.400. The Labute approximate surface area is 173 Å². The van der Waals surface area contributed by atoms with Crippen LogP contribution < -0.4 is 34.7 Å². The molecule has 0 amide bonds. The van der Waals surface area contributed by atoms with E-state index in [1.165, 1.54) is 12.8 Å². The molecule has 25 heavy (non-hydrogen) atoms. The number of carbonyl (C=O) groups is 2. The van der Waals surface area contributed by atoms with E-state index in [1.807, 2.05) is 0 Å². The number of hydrogen-bond acceptors (Lipinski definition) is 4. The van der Waals surface area contributed by atoms with Gasteiger partial charge in [-0.3, -0.25) is 4.79 Å². The topological polar surface area (TPSA) is 97.7 Å². The zero-order valence-electron chi connectivity index (χ0n) is 15.9. The maximum Gasteiger partial charge on any atom is 1.00 e. The third-order valence-corrected chi connectivity index (χ3v) is 4.24. The maximum absolute atomic E-state index is 10.8. The molecule has 0 spiro atoms. The van der Waals surface area contributed by atoms with Crippen LogP contribution in [-0.4, -0.2) is 59.4 Å². The largest absolute Gasteiger partial charge is 1.00 e. The van der Waals surface area contributed by atoms with Crippen LogP contribution in [0.5, 0.6) is 0 Å². The van der Waals surface area contributed by atoms with E-state index in [0.29, 0.717) is 43.5 Å². The van der Waals surface area contributed by atoms with Crippen molar-refractivity contribution >= 4 is 11.9 Å². The number of aliphatic hydroxyl groups excluding tert-OH is 1. The van der Waals surface area contributed by atoms with Gasteiger partial charge in [0.25, 0.3) is 0 Å². The second-order valence-electron chi connectivity index (χ2n) is 6.36. The maximum atomic E-state index is 10.8. The summed E-state index contributed by atoms with van der Waals surface area (Å²) < 4.78 is 0.529. The van der Waals surface area contributed by atoms with E-state index in [2.05, 4.69) is 19.1 Å². The number of aliphatic hydroxyl groups is 1. The minimum Gasteiger partial charge on any atom is -0.550 e. The van der Waals surface area contributed by atoms with Gasteiger partial charge in [-0.1, -0.05) is 25.8 Å². The van der Waals surface area contributed by atoms with Crippen LogP contribution in [0.25, 0.3) is 0 Å². The number of hydrogen-bond donors (Lipinski definition) is 2. The molecule has 0 aromatic carbocycles. The molecule has 6 nitrogen and oxygen atoms in total. The van der Waals surface area contributed by atoms with Gasteiger partial charge in [0.1, 0.15) is 6.54 Å². The Kier molecular flexibility index (Phi) is 18.3. The third-order valence-electron chi connectivity index (χ3n) is 4.24. The monoisotopic (exact) mass is 366 g/mol. The number of rotatable bonds is 16. The van der Waals surface area contributed by atoms with Crippen LogP contribution in [-0.2, 0) is 9.59 Å². The summed E-state index contributed by atoms with van der Waals surface area (Å²) in [6.45, 7) is 4.59. The number of nitrogens with zero attached hydrogens (tertiary/aromatic N) is 1. The molecule has 0 aromatic heterocycles. The summed E-state index contributed by atoms with van der Waals surface area (Å²) in [7, 11) is 0. The number of carboxylic acid groups (broad SMARTS) is 2. The van der Waals surface area contributed by atoms with E-state index >= 15 is 0 Å². The molecule has 0 bridgehead atoms. The molecule has 0 aromatic rings. The van der Waals surface area contributed by atoms with Crippen LogP contribution in [0.15, 0.2) is 12.2 Å². The van der Waals surface area contributed by atoms with Crippen LogP contribution in [0.4, 0.5) is 0 Å². The number of quaternary nitrogens is 1. The first-order chi connectivity index (χ1) is 11.5. The van der Waals surface area contributed by atoms with Crippen LogP contribution in [0.3, 0.4) is 0 Å². The predicted molar refractivity (Wildman–Crippen MR) is 91.2 cm³/mol. The van der Waals surface area contributed by atoms with E-state index in [9.17, 15) is 19.8 Å². The average Bonchev–Trinajstić information content (AvgIpc) is 2.50. The Balaban J connectivity index is 0. The van der Waals surface area contributed by atoms with Crippen molar-refractivity contribution < 1.29 is 58.9 Å². The summed E-state index contributed by atoms with van der Waals surface area (Å²) in [4.78, 5) is 21.4. The fourth-order valence-electron chi connectivity index (χ4n) is 2.87. The molecule has 0 aliphatic rings. The van der Waals surface area contributed by atoms with Gasteiger partial charge in [-0.2, -0.15) is 0 Å². The van der Waals surface area contributed by atoms with Gasteiger partial charge in [0, 0.05) is 18.8 Å². The van der Waals surface area contributed by atoms with E-state index in [1.54, 1.807) is 0 Å². The van der Waals surface area contributed by atoms with Crippen molar-refractivity contribution in [1.82, 2.24) is 0 Å². The number of carbonyl (C=O) groups excluding carboxylic acids is 1. The SMILES string of the molecule is CCCCC/C=C/C[N+](CCO)(CCCC(=O)[O-])CCCC(=O)O.[Na+]. The average molecular weight is 366 g/mol. The van der Waals surface area contributed by atoms with Crippen molar-refractivity contribution in [3.05, 3.63) is 12.2 Å². The molecule has 0 aliphatic heterocycles. The molecule has 7 heteroatoms. The van der Waals surface area contributed by atoms with Crippen molar-refractivity contribution in [3.8, 4) is 0 Å².